The van der Waals surface area contributed by atoms with Crippen molar-refractivity contribution in [2.75, 3.05) is 29.6 Å². The number of nitrogens with zero attached hydrogens (tertiary/aromatic N) is 3. The number of halogens is 3. The number of hydrogen-bond donors (Lipinski definition) is 4. The van der Waals surface area contributed by atoms with Crippen molar-refractivity contribution in [1.29, 1.82) is 0 Å². The average Bonchev–Trinajstić information content (AvgIpc) is 3.43. The molecule has 0 aliphatic carbocycles. The molecule has 11 heteroatoms. The van der Waals surface area contributed by atoms with Crippen molar-refractivity contribution in [2.45, 2.75) is 6.18 Å². The van der Waals surface area contributed by atoms with Crippen LogP contribution in [0.2, 0.25) is 0 Å². The number of para-hydroxylation sites is 1. The first-order chi connectivity index (χ1) is 16.7. The van der Waals surface area contributed by atoms with E-state index in [4.69, 9.17) is 0 Å². The number of carbonyl (C=O) groups excluding carboxylic acids is 1. The molecule has 0 bridgehead atoms. The van der Waals surface area contributed by atoms with Gasteiger partial charge in [-0.1, -0.05) is 12.1 Å². The van der Waals surface area contributed by atoms with Gasteiger partial charge >= 0.3 is 6.18 Å². The minimum absolute atomic E-state index is 0.126. The lowest BCUT2D eigenvalue weighted by atomic mass is 10.1. The van der Waals surface area contributed by atoms with E-state index in [2.05, 4.69) is 30.8 Å². The predicted molar refractivity (Wildman–Crippen MR) is 129 cm³/mol. The maximum atomic E-state index is 13.4. The Kier molecular flexibility index (Phi) is 5.31. The lowest BCUT2D eigenvalue weighted by Gasteiger charge is -2.17. The molecular formula is C24H20F3N7O. The summed E-state index contributed by atoms with van der Waals surface area (Å²) < 4.78 is 40.1. The SMILES string of the molecule is CN(C)c1cc2nc(Nc3ccccc3C(F)(F)F)[nH]c2cc1C(=O)Nc1ccc2cn[nH]c2c1. The minimum atomic E-state index is -4.52. The first-order valence-electron chi connectivity index (χ1n) is 10.6. The second-order valence-electron chi connectivity index (χ2n) is 8.16. The molecule has 4 N–H and O–H groups in total. The molecule has 5 aromatic rings. The summed E-state index contributed by atoms with van der Waals surface area (Å²) in [5.41, 5.74) is 2.42. The maximum absolute atomic E-state index is 13.4. The highest BCUT2D eigenvalue weighted by Gasteiger charge is 2.33. The first-order valence-corrected chi connectivity index (χ1v) is 10.6. The van der Waals surface area contributed by atoms with Crippen LogP contribution in [0.25, 0.3) is 21.9 Å². The van der Waals surface area contributed by atoms with Gasteiger partial charge in [0.1, 0.15) is 0 Å². The van der Waals surface area contributed by atoms with Crippen molar-refractivity contribution in [3.05, 3.63) is 71.9 Å². The van der Waals surface area contributed by atoms with Gasteiger partial charge in [0.05, 0.1) is 45.2 Å². The molecule has 2 aromatic heterocycles. The number of nitrogens with one attached hydrogen (secondary N) is 4. The quantitative estimate of drug-likeness (QED) is 0.266. The van der Waals surface area contributed by atoms with Gasteiger partial charge in [0, 0.05) is 25.2 Å². The Morgan fingerprint density at radius 2 is 1.83 bits per heavy atom. The Hall–Kier alpha value is -4.54. The number of fused-ring (bicyclic) bond motifs is 2. The topological polar surface area (TPSA) is 102 Å². The number of aromatic nitrogens is 4. The number of rotatable bonds is 5. The normalized spacial score (nSPS) is 11.7. The molecule has 0 spiro atoms. The number of alkyl halides is 3. The zero-order chi connectivity index (χ0) is 24.7. The van der Waals surface area contributed by atoms with Gasteiger partial charge in [-0.15, -0.1) is 0 Å². The number of benzene rings is 3. The van der Waals surface area contributed by atoms with Crippen LogP contribution in [-0.4, -0.2) is 40.2 Å². The lowest BCUT2D eigenvalue weighted by Crippen LogP contribution is -2.18. The molecule has 2 heterocycles. The highest BCUT2D eigenvalue weighted by molar-refractivity contribution is 6.11. The molecule has 0 aliphatic heterocycles. The van der Waals surface area contributed by atoms with Gasteiger partial charge in [-0.3, -0.25) is 9.89 Å². The van der Waals surface area contributed by atoms with Gasteiger partial charge in [0.25, 0.3) is 5.91 Å². The number of anilines is 4. The largest absolute Gasteiger partial charge is 0.418 e. The zero-order valence-electron chi connectivity index (χ0n) is 18.7. The second-order valence-corrected chi connectivity index (χ2v) is 8.16. The van der Waals surface area contributed by atoms with Gasteiger partial charge in [-0.25, -0.2) is 4.98 Å². The lowest BCUT2D eigenvalue weighted by molar-refractivity contribution is -0.136. The van der Waals surface area contributed by atoms with Crippen LogP contribution >= 0.6 is 0 Å². The molecule has 0 aliphatic rings. The summed E-state index contributed by atoms with van der Waals surface area (Å²) in [5.74, 6) is -0.218. The number of aromatic amines is 2. The summed E-state index contributed by atoms with van der Waals surface area (Å²) in [6.45, 7) is 0. The molecule has 0 unspecified atom stereocenters. The van der Waals surface area contributed by atoms with E-state index in [-0.39, 0.29) is 17.5 Å². The van der Waals surface area contributed by atoms with Crippen LogP contribution in [0.1, 0.15) is 15.9 Å². The van der Waals surface area contributed by atoms with Crippen LogP contribution in [0.3, 0.4) is 0 Å². The predicted octanol–water partition coefficient (Wildman–Crippen LogP) is 5.52. The van der Waals surface area contributed by atoms with Crippen molar-refractivity contribution >= 4 is 50.9 Å². The molecule has 0 atom stereocenters. The highest BCUT2D eigenvalue weighted by Crippen LogP contribution is 2.36. The molecule has 178 valence electrons. The second kappa shape index (κ2) is 8.35. The molecule has 3 aromatic carbocycles. The van der Waals surface area contributed by atoms with Crippen LogP contribution in [0.4, 0.5) is 36.2 Å². The molecule has 0 radical (unpaired) electrons. The summed E-state index contributed by atoms with van der Waals surface area (Å²) in [6, 6.07) is 13.9. The van der Waals surface area contributed by atoms with Crippen LogP contribution in [0.15, 0.2) is 60.8 Å². The van der Waals surface area contributed by atoms with Crippen LogP contribution in [-0.2, 0) is 6.18 Å². The van der Waals surface area contributed by atoms with Crippen molar-refractivity contribution < 1.29 is 18.0 Å². The molecule has 8 nitrogen and oxygen atoms in total. The third-order valence-corrected chi connectivity index (χ3v) is 5.51. The van der Waals surface area contributed by atoms with Gasteiger partial charge in [0.15, 0.2) is 0 Å². The number of imidazole rings is 1. The Morgan fingerprint density at radius 3 is 2.60 bits per heavy atom. The van der Waals surface area contributed by atoms with E-state index in [0.717, 1.165) is 17.0 Å². The fourth-order valence-electron chi connectivity index (χ4n) is 3.84. The highest BCUT2D eigenvalue weighted by atomic mass is 19.4. The number of carbonyl (C=O) groups is 1. The van der Waals surface area contributed by atoms with Crippen molar-refractivity contribution in [1.82, 2.24) is 20.2 Å². The first kappa shape index (κ1) is 22.3. The Balaban J connectivity index is 1.48. The molecule has 0 fully saturated rings. The number of hydrogen-bond acceptors (Lipinski definition) is 5. The Morgan fingerprint density at radius 1 is 1.03 bits per heavy atom. The Labute approximate surface area is 197 Å². The van der Waals surface area contributed by atoms with Gasteiger partial charge in [-0.05, 0) is 42.5 Å². The smallest absolute Gasteiger partial charge is 0.377 e. The van der Waals surface area contributed by atoms with Crippen LogP contribution in [0.5, 0.6) is 0 Å². The molecule has 1 amide bonds. The number of H-pyrrole nitrogens is 2. The molecular weight excluding hydrogens is 459 g/mol. The van der Waals surface area contributed by atoms with E-state index in [0.29, 0.717) is 28.0 Å². The molecule has 5 rings (SSSR count). The summed E-state index contributed by atoms with van der Waals surface area (Å²) in [7, 11) is 3.58. The third-order valence-electron chi connectivity index (χ3n) is 5.51. The van der Waals surface area contributed by atoms with Crippen molar-refractivity contribution in [3.63, 3.8) is 0 Å². The van der Waals surface area contributed by atoms with E-state index >= 15 is 0 Å². The zero-order valence-corrected chi connectivity index (χ0v) is 18.7. The summed E-state index contributed by atoms with van der Waals surface area (Å²) in [6.07, 6.45) is -2.83. The van der Waals surface area contributed by atoms with E-state index in [1.54, 1.807) is 49.5 Å². The van der Waals surface area contributed by atoms with E-state index in [1.165, 1.54) is 18.2 Å². The average molecular weight is 479 g/mol. The summed E-state index contributed by atoms with van der Waals surface area (Å²) in [5, 5.41) is 13.4. The van der Waals surface area contributed by atoms with Crippen LogP contribution in [0, 0.1) is 0 Å². The molecule has 0 saturated carbocycles. The molecule has 35 heavy (non-hydrogen) atoms. The van der Waals surface area contributed by atoms with Gasteiger partial charge in [-0.2, -0.15) is 18.3 Å². The fraction of sp³-hybridized carbons (Fsp3) is 0.125. The Bertz CT molecular complexity index is 1550. The van der Waals surface area contributed by atoms with E-state index in [9.17, 15) is 18.0 Å². The number of amides is 1. The van der Waals surface area contributed by atoms with Gasteiger partial charge < -0.3 is 20.5 Å². The summed E-state index contributed by atoms with van der Waals surface area (Å²) in [4.78, 5) is 22.3. The van der Waals surface area contributed by atoms with Crippen LogP contribution < -0.4 is 15.5 Å². The fourth-order valence-corrected chi connectivity index (χ4v) is 3.84. The van der Waals surface area contributed by atoms with E-state index < -0.39 is 11.7 Å². The standard InChI is InChI=1S/C24H20F3N7O/c1-34(2)21-11-20-19(31-23(32-20)30-17-6-4-3-5-16(17)24(25,26)27)10-15(21)22(35)29-14-8-7-13-12-28-33-18(13)9-14/h3-12H,1-2H3,(H,28,33)(H,29,35)(H2,30,31,32). The summed E-state index contributed by atoms with van der Waals surface area (Å²) >= 11 is 0. The molecule has 0 saturated heterocycles. The third kappa shape index (κ3) is 4.35. The monoisotopic (exact) mass is 479 g/mol. The van der Waals surface area contributed by atoms with E-state index in [1.807, 2.05) is 6.07 Å². The van der Waals surface area contributed by atoms with Crippen molar-refractivity contribution in [3.8, 4) is 0 Å². The maximum Gasteiger partial charge on any atom is 0.418 e. The van der Waals surface area contributed by atoms with Gasteiger partial charge in [0.2, 0.25) is 5.95 Å². The van der Waals surface area contributed by atoms with Crippen molar-refractivity contribution in [2.24, 2.45) is 0 Å². The minimum Gasteiger partial charge on any atom is -0.377 e.